The Hall–Kier alpha value is -3.68. The maximum absolute atomic E-state index is 13.0. The summed E-state index contributed by atoms with van der Waals surface area (Å²) in [6, 6.07) is 13.6. The molecule has 0 aliphatic carbocycles. The Kier molecular flexibility index (Phi) is 5.46. The van der Waals surface area contributed by atoms with E-state index in [-0.39, 0.29) is 17.8 Å². The molecule has 0 saturated heterocycles. The molecule has 0 spiro atoms. The van der Waals surface area contributed by atoms with E-state index in [4.69, 9.17) is 10.6 Å². The average molecular weight is 419 g/mol. The predicted molar refractivity (Wildman–Crippen MR) is 119 cm³/mol. The Balaban J connectivity index is 1.44. The van der Waals surface area contributed by atoms with Crippen LogP contribution in [0.3, 0.4) is 0 Å². The summed E-state index contributed by atoms with van der Waals surface area (Å²) in [7, 11) is 0. The van der Waals surface area contributed by atoms with E-state index in [1.54, 1.807) is 28.8 Å². The van der Waals surface area contributed by atoms with Crippen LogP contribution in [-0.4, -0.2) is 38.7 Å². The number of nitrogens with zero attached hydrogens (tertiary/aromatic N) is 5. The van der Waals surface area contributed by atoms with Crippen molar-refractivity contribution in [3.8, 4) is 5.82 Å². The second-order valence-electron chi connectivity index (χ2n) is 7.86. The maximum Gasteiger partial charge on any atom is 0.270 e. The molecule has 160 valence electrons. The lowest BCUT2D eigenvalue weighted by molar-refractivity contribution is -0.129. The van der Waals surface area contributed by atoms with Gasteiger partial charge >= 0.3 is 0 Å². The van der Waals surface area contributed by atoms with Crippen LogP contribution in [0, 0.1) is 13.8 Å². The molecule has 31 heavy (non-hydrogen) atoms. The number of aryl methyl sites for hydroxylation is 2. The van der Waals surface area contributed by atoms with Crippen molar-refractivity contribution in [1.29, 1.82) is 0 Å². The third-order valence-electron chi connectivity index (χ3n) is 5.37. The maximum atomic E-state index is 13.0. The Morgan fingerprint density at radius 3 is 2.71 bits per heavy atom. The van der Waals surface area contributed by atoms with Crippen LogP contribution >= 0.6 is 0 Å². The van der Waals surface area contributed by atoms with Crippen LogP contribution in [0.1, 0.15) is 36.4 Å². The molecular weight excluding hydrogens is 392 g/mol. The number of carbonyl (C=O) groups excluding carboxylic acids is 1. The molecule has 2 atom stereocenters. The Bertz CT molecular complexity index is 1140. The van der Waals surface area contributed by atoms with Gasteiger partial charge in [0.25, 0.3) is 5.91 Å². The van der Waals surface area contributed by atoms with E-state index in [0.717, 1.165) is 29.1 Å². The van der Waals surface area contributed by atoms with Crippen LogP contribution < -0.4 is 10.6 Å². The molecular formula is C23H26N6O2. The summed E-state index contributed by atoms with van der Waals surface area (Å²) in [6.07, 6.45) is 1.67. The Morgan fingerprint density at radius 2 is 2.03 bits per heavy atom. The number of benzene rings is 1. The highest BCUT2D eigenvalue weighted by atomic mass is 16.6. The topological polar surface area (TPSA) is 98.6 Å². The summed E-state index contributed by atoms with van der Waals surface area (Å²) >= 11 is 0. The molecule has 0 saturated carbocycles. The van der Waals surface area contributed by atoms with Gasteiger partial charge in [0.1, 0.15) is 0 Å². The van der Waals surface area contributed by atoms with Gasteiger partial charge in [-0.1, -0.05) is 23.4 Å². The molecule has 8 nitrogen and oxygen atoms in total. The van der Waals surface area contributed by atoms with Crippen LogP contribution in [0.15, 0.2) is 53.8 Å². The van der Waals surface area contributed by atoms with Gasteiger partial charge in [0.2, 0.25) is 6.10 Å². The number of rotatable bonds is 5. The number of nitrogens with two attached hydrogens (primary N) is 1. The number of hydrogen-bond acceptors (Lipinski definition) is 5. The van der Waals surface area contributed by atoms with Crippen LogP contribution in [0.5, 0.6) is 0 Å². The summed E-state index contributed by atoms with van der Waals surface area (Å²) in [6.45, 7) is 7.61. The fourth-order valence-corrected chi connectivity index (χ4v) is 3.85. The number of amidine groups is 1. The van der Waals surface area contributed by atoms with E-state index in [0.29, 0.717) is 11.4 Å². The lowest BCUT2D eigenvalue weighted by atomic mass is 10.1. The van der Waals surface area contributed by atoms with Crippen molar-refractivity contribution in [3.05, 3.63) is 71.2 Å². The fraction of sp³-hybridized carbons (Fsp3) is 0.304. The molecule has 1 aliphatic rings. The number of amides is 1. The highest BCUT2D eigenvalue weighted by molar-refractivity contribution is 5.99. The zero-order valence-corrected chi connectivity index (χ0v) is 18.1. The summed E-state index contributed by atoms with van der Waals surface area (Å²) in [4.78, 5) is 24.6. The van der Waals surface area contributed by atoms with E-state index in [1.807, 2.05) is 57.2 Å². The summed E-state index contributed by atoms with van der Waals surface area (Å²) in [5.74, 6) is 0.697. The number of para-hydroxylation sites is 1. The predicted octanol–water partition coefficient (Wildman–Crippen LogP) is 2.89. The van der Waals surface area contributed by atoms with Gasteiger partial charge in [0.05, 0.1) is 5.69 Å². The van der Waals surface area contributed by atoms with Gasteiger partial charge in [-0.2, -0.15) is 5.10 Å². The first-order valence-electron chi connectivity index (χ1n) is 10.3. The van der Waals surface area contributed by atoms with E-state index < -0.39 is 6.10 Å². The van der Waals surface area contributed by atoms with Crippen molar-refractivity contribution < 1.29 is 9.63 Å². The summed E-state index contributed by atoms with van der Waals surface area (Å²) in [5.41, 5.74) is 10.7. The van der Waals surface area contributed by atoms with Crippen LogP contribution in [0.4, 0.5) is 5.69 Å². The van der Waals surface area contributed by atoms with Gasteiger partial charge in [0, 0.05) is 29.2 Å². The number of oxime groups is 1. The van der Waals surface area contributed by atoms with Crippen molar-refractivity contribution in [2.24, 2.45) is 10.9 Å². The molecule has 2 aromatic heterocycles. The lowest BCUT2D eigenvalue weighted by Crippen LogP contribution is -2.42. The number of anilines is 1. The molecule has 1 aliphatic heterocycles. The van der Waals surface area contributed by atoms with Crippen LogP contribution in [-0.2, 0) is 16.1 Å². The molecule has 0 bridgehead atoms. The van der Waals surface area contributed by atoms with Crippen molar-refractivity contribution >= 4 is 17.4 Å². The smallest absolute Gasteiger partial charge is 0.270 e. The number of hydrogen-bond donors (Lipinski definition) is 1. The fourth-order valence-electron chi connectivity index (χ4n) is 3.85. The zero-order valence-electron chi connectivity index (χ0n) is 18.1. The minimum absolute atomic E-state index is 0.0726. The third kappa shape index (κ3) is 4.01. The molecule has 0 radical (unpaired) electrons. The quantitative estimate of drug-likeness (QED) is 0.390. The normalized spacial score (nSPS) is 16.8. The van der Waals surface area contributed by atoms with Gasteiger partial charge in [0.15, 0.2) is 11.7 Å². The largest absolute Gasteiger partial charge is 0.381 e. The van der Waals surface area contributed by atoms with E-state index in [9.17, 15) is 4.79 Å². The number of carbonyl (C=O) groups is 1. The molecule has 0 fully saturated rings. The van der Waals surface area contributed by atoms with Crippen molar-refractivity contribution in [3.63, 3.8) is 0 Å². The second kappa shape index (κ2) is 8.22. The molecule has 2 unspecified atom stereocenters. The van der Waals surface area contributed by atoms with E-state index in [1.165, 1.54) is 0 Å². The molecule has 8 heteroatoms. The van der Waals surface area contributed by atoms with Crippen molar-refractivity contribution in [1.82, 2.24) is 14.8 Å². The van der Waals surface area contributed by atoms with Gasteiger partial charge < -0.3 is 15.5 Å². The SMILES string of the molecule is Cc1cc(C)n(-c2ccc(C(N)=NOC(C)C(=O)N3c4ccccc4CC3C)cn2)n1. The Labute approximate surface area is 181 Å². The minimum Gasteiger partial charge on any atom is -0.381 e. The first kappa shape index (κ1) is 20.6. The van der Waals surface area contributed by atoms with Crippen LogP contribution in [0.25, 0.3) is 5.82 Å². The molecule has 3 heterocycles. The lowest BCUT2D eigenvalue weighted by Gasteiger charge is -2.25. The van der Waals surface area contributed by atoms with Gasteiger partial charge in [-0.25, -0.2) is 9.67 Å². The molecule has 4 rings (SSSR count). The highest BCUT2D eigenvalue weighted by Crippen LogP contribution is 2.32. The van der Waals surface area contributed by atoms with Gasteiger partial charge in [-0.05, 0) is 63.9 Å². The van der Waals surface area contributed by atoms with Crippen LogP contribution in [0.2, 0.25) is 0 Å². The summed E-state index contributed by atoms with van der Waals surface area (Å²) < 4.78 is 1.76. The third-order valence-corrected chi connectivity index (χ3v) is 5.37. The number of fused-ring (bicyclic) bond motifs is 1. The van der Waals surface area contributed by atoms with Crippen molar-refractivity contribution in [2.45, 2.75) is 46.3 Å². The number of aromatic nitrogens is 3. The highest BCUT2D eigenvalue weighted by Gasteiger charge is 2.34. The second-order valence-corrected chi connectivity index (χ2v) is 7.86. The van der Waals surface area contributed by atoms with E-state index >= 15 is 0 Å². The Morgan fingerprint density at radius 1 is 1.26 bits per heavy atom. The van der Waals surface area contributed by atoms with Gasteiger partial charge in [-0.15, -0.1) is 0 Å². The van der Waals surface area contributed by atoms with Crippen molar-refractivity contribution in [2.75, 3.05) is 4.90 Å². The van der Waals surface area contributed by atoms with Gasteiger partial charge in [-0.3, -0.25) is 4.79 Å². The molecule has 1 aromatic carbocycles. The summed E-state index contributed by atoms with van der Waals surface area (Å²) in [5, 5.41) is 8.40. The van der Waals surface area contributed by atoms with E-state index in [2.05, 4.69) is 15.2 Å². The molecule has 3 aromatic rings. The number of pyridine rings is 1. The molecule has 1 amide bonds. The minimum atomic E-state index is -0.769. The first-order valence-corrected chi connectivity index (χ1v) is 10.3. The standard InChI is InChI=1S/C23H26N6O2/c1-14-11-16(3)29(26-14)21-10-9-19(13-25-21)22(24)27-31-17(4)23(30)28-15(2)12-18-7-5-6-8-20(18)28/h5-11,13,15,17H,12H2,1-4H3,(H2,24,27). The zero-order chi connectivity index (χ0) is 22.1. The monoisotopic (exact) mass is 418 g/mol. The molecule has 2 N–H and O–H groups in total. The first-order chi connectivity index (χ1) is 14.8. The average Bonchev–Trinajstić information content (AvgIpc) is 3.28.